The van der Waals surface area contributed by atoms with E-state index in [1.807, 2.05) is 0 Å². The van der Waals surface area contributed by atoms with E-state index in [2.05, 4.69) is 24.2 Å². The van der Waals surface area contributed by atoms with Crippen molar-refractivity contribution in [1.82, 2.24) is 5.32 Å². The predicted molar refractivity (Wildman–Crippen MR) is 52.1 cm³/mol. The zero-order valence-corrected chi connectivity index (χ0v) is 8.22. The molecule has 0 spiro atoms. The van der Waals surface area contributed by atoms with Gasteiger partial charge in [-0.1, -0.05) is 13.8 Å². The zero-order valence-electron chi connectivity index (χ0n) is 8.22. The van der Waals surface area contributed by atoms with Gasteiger partial charge in [-0.15, -0.1) is 0 Å². The van der Waals surface area contributed by atoms with Crippen LogP contribution in [0.2, 0.25) is 0 Å². The van der Waals surface area contributed by atoms with Crippen LogP contribution in [-0.2, 0) is 0 Å². The summed E-state index contributed by atoms with van der Waals surface area (Å²) in [6.07, 6.45) is 2.61. The first kappa shape index (κ1) is 9.36. The average molecular weight is 169 g/mol. The highest BCUT2D eigenvalue weighted by molar-refractivity contribution is 5.77. The van der Waals surface area contributed by atoms with E-state index < -0.39 is 0 Å². The molecule has 0 aromatic carbocycles. The molecule has 70 valence electrons. The number of nitrogens with one attached hydrogen (secondary N) is 1. The van der Waals surface area contributed by atoms with Crippen molar-refractivity contribution in [2.75, 3.05) is 13.6 Å². The Bertz CT molecular complexity index is 176. The molecule has 1 rings (SSSR count). The Morgan fingerprint density at radius 1 is 1.58 bits per heavy atom. The second-order valence-corrected chi connectivity index (χ2v) is 4.43. The molecule has 0 saturated heterocycles. The van der Waals surface area contributed by atoms with Gasteiger partial charge in [0, 0.05) is 13.6 Å². The van der Waals surface area contributed by atoms with Crippen LogP contribution in [0.4, 0.5) is 0 Å². The Kier molecular flexibility index (Phi) is 2.60. The summed E-state index contributed by atoms with van der Waals surface area (Å²) in [4.78, 5) is 3.84. The van der Waals surface area contributed by atoms with Gasteiger partial charge in [0.2, 0.25) is 0 Å². The highest BCUT2D eigenvalue weighted by atomic mass is 15.1. The summed E-state index contributed by atoms with van der Waals surface area (Å²) in [5, 5.41) is 3.10. The fourth-order valence-electron chi connectivity index (χ4n) is 1.98. The first-order valence-electron chi connectivity index (χ1n) is 4.49. The highest BCUT2D eigenvalue weighted by Crippen LogP contribution is 2.44. The Morgan fingerprint density at radius 3 is 2.58 bits per heavy atom. The first-order valence-corrected chi connectivity index (χ1v) is 4.49. The van der Waals surface area contributed by atoms with Crippen LogP contribution in [0, 0.1) is 11.3 Å². The number of nitrogens with zero attached hydrogens (tertiary/aromatic N) is 1. The van der Waals surface area contributed by atoms with Crippen LogP contribution in [0.1, 0.15) is 26.7 Å². The number of hydrogen-bond acceptors (Lipinski definition) is 1. The van der Waals surface area contributed by atoms with Crippen molar-refractivity contribution in [2.24, 2.45) is 22.1 Å². The monoisotopic (exact) mass is 169 g/mol. The lowest BCUT2D eigenvalue weighted by atomic mass is 9.64. The van der Waals surface area contributed by atoms with Gasteiger partial charge in [-0.25, -0.2) is 0 Å². The molecular weight excluding hydrogens is 150 g/mol. The maximum absolute atomic E-state index is 5.51. The second-order valence-electron chi connectivity index (χ2n) is 4.43. The number of rotatable bonds is 2. The molecule has 0 atom stereocenters. The van der Waals surface area contributed by atoms with Crippen LogP contribution < -0.4 is 11.1 Å². The van der Waals surface area contributed by atoms with E-state index in [-0.39, 0.29) is 0 Å². The molecule has 3 nitrogen and oxygen atoms in total. The van der Waals surface area contributed by atoms with Gasteiger partial charge in [-0.05, 0) is 24.2 Å². The van der Waals surface area contributed by atoms with Gasteiger partial charge in [0.15, 0.2) is 5.96 Å². The summed E-state index contributed by atoms with van der Waals surface area (Å²) in [7, 11) is 1.70. The lowest BCUT2D eigenvalue weighted by Gasteiger charge is -2.42. The molecule has 0 amide bonds. The minimum atomic E-state index is 0.555. The molecule has 0 bridgehead atoms. The van der Waals surface area contributed by atoms with Crippen molar-refractivity contribution in [3.8, 4) is 0 Å². The van der Waals surface area contributed by atoms with Crippen molar-refractivity contribution < 1.29 is 0 Å². The maximum Gasteiger partial charge on any atom is 0.188 e. The lowest BCUT2D eigenvalue weighted by molar-refractivity contribution is 0.0996. The van der Waals surface area contributed by atoms with Crippen LogP contribution in [0.15, 0.2) is 4.99 Å². The minimum Gasteiger partial charge on any atom is -0.370 e. The van der Waals surface area contributed by atoms with E-state index in [0.29, 0.717) is 11.4 Å². The van der Waals surface area contributed by atoms with Gasteiger partial charge in [0.25, 0.3) is 0 Å². The Morgan fingerprint density at radius 2 is 2.17 bits per heavy atom. The summed E-state index contributed by atoms with van der Waals surface area (Å²) in [5.74, 6) is 1.35. The molecule has 0 aromatic rings. The van der Waals surface area contributed by atoms with E-state index in [9.17, 15) is 0 Å². The zero-order chi connectivity index (χ0) is 9.19. The normalized spacial score (nSPS) is 23.4. The number of hydrogen-bond donors (Lipinski definition) is 2. The molecule has 3 heteroatoms. The van der Waals surface area contributed by atoms with Crippen LogP contribution >= 0.6 is 0 Å². The van der Waals surface area contributed by atoms with E-state index in [1.54, 1.807) is 7.05 Å². The van der Waals surface area contributed by atoms with Gasteiger partial charge < -0.3 is 11.1 Å². The summed E-state index contributed by atoms with van der Waals surface area (Å²) >= 11 is 0. The molecule has 0 unspecified atom stereocenters. The Labute approximate surface area is 74.4 Å². The van der Waals surface area contributed by atoms with Crippen molar-refractivity contribution >= 4 is 5.96 Å². The number of nitrogens with two attached hydrogens (primary N) is 1. The molecule has 1 saturated carbocycles. The fourth-order valence-corrected chi connectivity index (χ4v) is 1.98. The van der Waals surface area contributed by atoms with Gasteiger partial charge in [0.1, 0.15) is 0 Å². The van der Waals surface area contributed by atoms with E-state index in [4.69, 9.17) is 5.73 Å². The van der Waals surface area contributed by atoms with Crippen molar-refractivity contribution in [1.29, 1.82) is 0 Å². The van der Waals surface area contributed by atoms with E-state index in [1.165, 1.54) is 12.8 Å². The van der Waals surface area contributed by atoms with Crippen LogP contribution in [0.3, 0.4) is 0 Å². The Hall–Kier alpha value is -0.730. The Balaban J connectivity index is 2.12. The van der Waals surface area contributed by atoms with Crippen LogP contribution in [0.5, 0.6) is 0 Å². The summed E-state index contributed by atoms with van der Waals surface area (Å²) in [6.45, 7) is 5.59. The quantitative estimate of drug-likeness (QED) is 0.478. The molecular formula is C9H19N3. The van der Waals surface area contributed by atoms with Crippen molar-refractivity contribution in [3.05, 3.63) is 0 Å². The van der Waals surface area contributed by atoms with Crippen molar-refractivity contribution in [3.63, 3.8) is 0 Å². The molecule has 0 heterocycles. The smallest absolute Gasteiger partial charge is 0.188 e. The van der Waals surface area contributed by atoms with Gasteiger partial charge in [0.05, 0.1) is 0 Å². The predicted octanol–water partition coefficient (Wildman–Crippen LogP) is 0.957. The highest BCUT2D eigenvalue weighted by Gasteiger charge is 2.35. The summed E-state index contributed by atoms with van der Waals surface area (Å²) < 4.78 is 0. The summed E-state index contributed by atoms with van der Waals surface area (Å²) in [5.41, 5.74) is 6.07. The number of guanidine groups is 1. The summed E-state index contributed by atoms with van der Waals surface area (Å²) in [6, 6.07) is 0. The first-order chi connectivity index (χ1) is 5.53. The largest absolute Gasteiger partial charge is 0.370 e. The third-order valence-corrected chi connectivity index (χ3v) is 2.50. The third-order valence-electron chi connectivity index (χ3n) is 2.50. The maximum atomic E-state index is 5.51. The molecule has 1 fully saturated rings. The lowest BCUT2D eigenvalue weighted by Crippen LogP contribution is -2.42. The fraction of sp³-hybridized carbons (Fsp3) is 0.889. The SMILES string of the molecule is CN=C(N)NCC1CC(C)(C)C1. The second kappa shape index (κ2) is 3.33. The van der Waals surface area contributed by atoms with Gasteiger partial charge >= 0.3 is 0 Å². The standard InChI is InChI=1S/C9H19N3/c1-9(2)4-7(5-9)6-12-8(10)11-3/h7H,4-6H2,1-3H3,(H3,10,11,12). The molecule has 12 heavy (non-hydrogen) atoms. The third kappa shape index (κ3) is 2.40. The average Bonchev–Trinajstić information content (AvgIpc) is 1.96. The van der Waals surface area contributed by atoms with Gasteiger partial charge in [-0.2, -0.15) is 0 Å². The van der Waals surface area contributed by atoms with E-state index in [0.717, 1.165) is 12.5 Å². The van der Waals surface area contributed by atoms with Crippen LogP contribution in [0.25, 0.3) is 0 Å². The van der Waals surface area contributed by atoms with E-state index >= 15 is 0 Å². The molecule has 1 aliphatic rings. The topological polar surface area (TPSA) is 50.4 Å². The number of aliphatic imine (C=N–C) groups is 1. The molecule has 0 radical (unpaired) electrons. The van der Waals surface area contributed by atoms with Crippen molar-refractivity contribution in [2.45, 2.75) is 26.7 Å². The molecule has 0 aromatic heterocycles. The molecule has 1 aliphatic carbocycles. The van der Waals surface area contributed by atoms with Crippen LogP contribution in [-0.4, -0.2) is 19.6 Å². The molecule has 3 N–H and O–H groups in total. The molecule has 0 aliphatic heterocycles. The minimum absolute atomic E-state index is 0.555. The van der Waals surface area contributed by atoms with Gasteiger partial charge in [-0.3, -0.25) is 4.99 Å².